The van der Waals surface area contributed by atoms with Gasteiger partial charge in [0.25, 0.3) is 5.56 Å². The van der Waals surface area contributed by atoms with E-state index in [9.17, 15) is 14.4 Å². The number of hydrogen-bond donors (Lipinski definition) is 3. The molecule has 3 N–H and O–H groups in total. The Morgan fingerprint density at radius 3 is 2.69 bits per heavy atom. The van der Waals surface area contributed by atoms with Crippen LogP contribution in [-0.2, 0) is 6.54 Å². The summed E-state index contributed by atoms with van der Waals surface area (Å²) in [7, 11) is 0. The minimum atomic E-state index is -1.29. The molecule has 16 heavy (non-hydrogen) atoms. The fourth-order valence-corrected chi connectivity index (χ4v) is 1.44. The number of imidazole rings is 1. The van der Waals surface area contributed by atoms with Crippen molar-refractivity contribution in [2.24, 2.45) is 0 Å². The second kappa shape index (κ2) is 3.33. The van der Waals surface area contributed by atoms with Crippen molar-refractivity contribution in [1.29, 1.82) is 0 Å². The topological polar surface area (TPSA) is 121 Å². The molecule has 0 unspecified atom stereocenters. The fourth-order valence-electron chi connectivity index (χ4n) is 1.44. The van der Waals surface area contributed by atoms with E-state index in [-0.39, 0.29) is 23.5 Å². The predicted octanol–water partition coefficient (Wildman–Crippen LogP) is -0.869. The largest absolute Gasteiger partial charge is 0.475 e. The van der Waals surface area contributed by atoms with E-state index in [4.69, 9.17) is 5.11 Å². The Labute approximate surface area is 87.6 Å². The Bertz CT molecular complexity index is 677. The molecule has 0 aliphatic rings. The van der Waals surface area contributed by atoms with Crippen LogP contribution in [0.2, 0.25) is 0 Å². The molecule has 0 aromatic carbocycles. The molecule has 0 atom stereocenters. The second-order valence-electron chi connectivity index (χ2n) is 3.09. The smallest absolute Gasteiger partial charge is 0.371 e. The molecule has 8 nitrogen and oxygen atoms in total. The second-order valence-corrected chi connectivity index (χ2v) is 3.09. The predicted molar refractivity (Wildman–Crippen MR) is 53.6 cm³/mol. The molecule has 0 spiro atoms. The third kappa shape index (κ3) is 1.31. The van der Waals surface area contributed by atoms with Gasteiger partial charge in [-0.15, -0.1) is 0 Å². The van der Waals surface area contributed by atoms with Gasteiger partial charge in [-0.1, -0.05) is 0 Å². The quantitative estimate of drug-likeness (QED) is 0.612. The van der Waals surface area contributed by atoms with Crippen LogP contribution in [0.5, 0.6) is 0 Å². The molecule has 0 aliphatic heterocycles. The number of nitrogens with one attached hydrogen (secondary N) is 2. The summed E-state index contributed by atoms with van der Waals surface area (Å²) in [6, 6.07) is 0. The molecule has 84 valence electrons. The lowest BCUT2D eigenvalue weighted by molar-refractivity contribution is 0.0685. The number of carboxylic acid groups (broad SMARTS) is 1. The highest BCUT2D eigenvalue weighted by Gasteiger charge is 2.15. The van der Waals surface area contributed by atoms with Crippen molar-refractivity contribution in [3.8, 4) is 0 Å². The van der Waals surface area contributed by atoms with Gasteiger partial charge in [0.2, 0.25) is 5.82 Å². The summed E-state index contributed by atoms with van der Waals surface area (Å²) in [4.78, 5) is 41.5. The minimum Gasteiger partial charge on any atom is -0.475 e. The Morgan fingerprint density at radius 2 is 2.12 bits per heavy atom. The van der Waals surface area contributed by atoms with Crippen molar-refractivity contribution in [1.82, 2.24) is 19.5 Å². The van der Waals surface area contributed by atoms with Crippen LogP contribution in [0.3, 0.4) is 0 Å². The van der Waals surface area contributed by atoms with Crippen molar-refractivity contribution >= 4 is 17.1 Å². The number of rotatable bonds is 2. The number of hydrogen-bond acceptors (Lipinski definition) is 4. The molecule has 0 saturated heterocycles. The van der Waals surface area contributed by atoms with Crippen LogP contribution in [0, 0.1) is 0 Å². The van der Waals surface area contributed by atoms with Crippen molar-refractivity contribution in [3.63, 3.8) is 0 Å². The normalized spacial score (nSPS) is 10.8. The number of nitrogens with zero attached hydrogens (tertiary/aromatic N) is 2. The summed E-state index contributed by atoms with van der Waals surface area (Å²) >= 11 is 0. The van der Waals surface area contributed by atoms with Gasteiger partial charge in [-0.25, -0.2) is 14.6 Å². The van der Waals surface area contributed by atoms with E-state index in [0.29, 0.717) is 0 Å². The van der Waals surface area contributed by atoms with Crippen molar-refractivity contribution < 1.29 is 9.90 Å². The maximum Gasteiger partial charge on any atom is 0.371 e. The number of aromatic amines is 2. The molecular formula is C8H8N4O4. The van der Waals surface area contributed by atoms with E-state index in [2.05, 4.69) is 15.0 Å². The first-order valence-corrected chi connectivity index (χ1v) is 4.50. The number of carbonyl (C=O) groups is 1. The molecule has 2 aromatic heterocycles. The number of fused-ring (bicyclic) bond motifs is 1. The molecule has 0 bridgehead atoms. The summed E-state index contributed by atoms with van der Waals surface area (Å²) in [5.74, 6) is -1.65. The molecule has 8 heteroatoms. The van der Waals surface area contributed by atoms with Crippen molar-refractivity contribution in [3.05, 3.63) is 26.7 Å². The first-order valence-electron chi connectivity index (χ1n) is 4.50. The third-order valence-electron chi connectivity index (χ3n) is 2.15. The van der Waals surface area contributed by atoms with Gasteiger partial charge in [-0.3, -0.25) is 14.3 Å². The zero-order valence-electron chi connectivity index (χ0n) is 8.27. The molecule has 0 aliphatic carbocycles. The van der Waals surface area contributed by atoms with Crippen LogP contribution in [0.25, 0.3) is 11.2 Å². The van der Waals surface area contributed by atoms with E-state index in [1.54, 1.807) is 6.92 Å². The SMILES string of the molecule is CCn1c(=O)[nH]c(=O)c2[nH]c(C(=O)O)nc21. The molecule has 2 heterocycles. The summed E-state index contributed by atoms with van der Waals surface area (Å²) < 4.78 is 1.18. The van der Waals surface area contributed by atoms with E-state index in [1.165, 1.54) is 4.57 Å². The van der Waals surface area contributed by atoms with Gasteiger partial charge in [0.15, 0.2) is 5.65 Å². The molecule has 2 aromatic rings. The van der Waals surface area contributed by atoms with Gasteiger partial charge in [-0.05, 0) is 6.92 Å². The average molecular weight is 224 g/mol. The van der Waals surface area contributed by atoms with Gasteiger partial charge < -0.3 is 10.1 Å². The fraction of sp³-hybridized carbons (Fsp3) is 0.250. The Balaban J connectivity index is 2.95. The molecule has 2 rings (SSSR count). The summed E-state index contributed by atoms with van der Waals surface area (Å²) in [5.41, 5.74) is -1.25. The number of H-pyrrole nitrogens is 2. The van der Waals surface area contributed by atoms with Crippen LogP contribution < -0.4 is 11.2 Å². The number of carboxylic acids is 1. The van der Waals surface area contributed by atoms with Crippen molar-refractivity contribution in [2.45, 2.75) is 13.5 Å². The Hall–Kier alpha value is -2.38. The lowest BCUT2D eigenvalue weighted by atomic mass is 10.5. The van der Waals surface area contributed by atoms with Gasteiger partial charge in [-0.2, -0.15) is 0 Å². The zero-order chi connectivity index (χ0) is 11.9. The van der Waals surface area contributed by atoms with Crippen LogP contribution in [0.1, 0.15) is 17.5 Å². The van der Waals surface area contributed by atoms with Crippen LogP contribution in [-0.4, -0.2) is 30.6 Å². The number of aromatic nitrogens is 4. The highest BCUT2D eigenvalue weighted by Crippen LogP contribution is 2.04. The van der Waals surface area contributed by atoms with Gasteiger partial charge in [0.1, 0.15) is 5.52 Å². The Morgan fingerprint density at radius 1 is 1.44 bits per heavy atom. The summed E-state index contributed by atoms with van der Waals surface area (Å²) in [6.07, 6.45) is 0. The number of aryl methyl sites for hydroxylation is 1. The summed E-state index contributed by atoms with van der Waals surface area (Å²) in [5, 5.41) is 8.72. The van der Waals surface area contributed by atoms with Crippen molar-refractivity contribution in [2.75, 3.05) is 0 Å². The molecular weight excluding hydrogens is 216 g/mol. The maximum absolute atomic E-state index is 11.4. The highest BCUT2D eigenvalue weighted by molar-refractivity contribution is 5.87. The first-order chi connectivity index (χ1) is 7.54. The van der Waals surface area contributed by atoms with Crippen LogP contribution in [0.15, 0.2) is 9.59 Å². The lowest BCUT2D eigenvalue weighted by Crippen LogP contribution is -2.29. The summed E-state index contributed by atoms with van der Waals surface area (Å²) in [6.45, 7) is 1.98. The highest BCUT2D eigenvalue weighted by atomic mass is 16.4. The third-order valence-corrected chi connectivity index (χ3v) is 2.15. The van der Waals surface area contributed by atoms with Gasteiger partial charge in [0.05, 0.1) is 0 Å². The lowest BCUT2D eigenvalue weighted by Gasteiger charge is -1.99. The first kappa shape index (κ1) is 10.1. The van der Waals surface area contributed by atoms with Crippen LogP contribution in [0.4, 0.5) is 0 Å². The molecule has 0 radical (unpaired) electrons. The van der Waals surface area contributed by atoms with Gasteiger partial charge >= 0.3 is 11.7 Å². The zero-order valence-corrected chi connectivity index (χ0v) is 8.27. The maximum atomic E-state index is 11.4. The van der Waals surface area contributed by atoms with E-state index in [1.807, 2.05) is 0 Å². The number of aromatic carboxylic acids is 1. The van der Waals surface area contributed by atoms with E-state index in [0.717, 1.165) is 0 Å². The standard InChI is InChI=1S/C8H8N4O4/c1-2-12-5-3(6(13)11-8(12)16)9-4(10-5)7(14)15/h2H2,1H3,(H,9,10)(H,14,15)(H,11,13,16). The molecule has 0 saturated carbocycles. The van der Waals surface area contributed by atoms with Gasteiger partial charge in [0, 0.05) is 6.54 Å². The minimum absolute atomic E-state index is 0.0150. The van der Waals surface area contributed by atoms with Crippen LogP contribution >= 0.6 is 0 Å². The Kier molecular flexibility index (Phi) is 2.11. The monoisotopic (exact) mass is 224 g/mol. The molecule has 0 amide bonds. The van der Waals surface area contributed by atoms with E-state index >= 15 is 0 Å². The van der Waals surface area contributed by atoms with E-state index < -0.39 is 17.2 Å². The average Bonchev–Trinajstić information content (AvgIpc) is 2.63. The molecule has 0 fully saturated rings.